The molecule has 1 aromatic heterocycles. The van der Waals surface area contributed by atoms with E-state index in [2.05, 4.69) is 28.4 Å². The van der Waals surface area contributed by atoms with Crippen LogP contribution in [0.25, 0.3) is 11.3 Å². The summed E-state index contributed by atoms with van der Waals surface area (Å²) in [6, 6.07) is 12.5. The van der Waals surface area contributed by atoms with Gasteiger partial charge in [-0.25, -0.2) is 4.98 Å². The number of hydrogen-bond donors (Lipinski definition) is 2. The summed E-state index contributed by atoms with van der Waals surface area (Å²) >= 11 is 0. The summed E-state index contributed by atoms with van der Waals surface area (Å²) in [4.78, 5) is 33.1. The molecule has 0 unspecified atom stereocenters. The van der Waals surface area contributed by atoms with Crippen LogP contribution in [0, 0.1) is 11.3 Å². The minimum absolute atomic E-state index is 0.0346. The second-order valence-corrected chi connectivity index (χ2v) is 8.41. The van der Waals surface area contributed by atoms with Crippen LogP contribution in [-0.4, -0.2) is 66.1 Å². The highest BCUT2D eigenvalue weighted by molar-refractivity contribution is 6.35. The molecule has 0 bridgehead atoms. The summed E-state index contributed by atoms with van der Waals surface area (Å²) < 4.78 is 0. The lowest BCUT2D eigenvalue weighted by Crippen LogP contribution is -2.53. The molecule has 0 atom stereocenters. The zero-order valence-corrected chi connectivity index (χ0v) is 18.7. The van der Waals surface area contributed by atoms with Crippen LogP contribution in [0.4, 0.5) is 5.82 Å². The Morgan fingerprint density at radius 1 is 1.06 bits per heavy atom. The number of nitrogens with zero attached hydrogens (tertiary/aromatic N) is 4. The van der Waals surface area contributed by atoms with Crippen LogP contribution >= 0.6 is 0 Å². The molecule has 2 heterocycles. The number of aliphatic hydroxyl groups excluding tert-OH is 1. The molecule has 1 saturated heterocycles. The third-order valence-electron chi connectivity index (χ3n) is 6.34. The quantitative estimate of drug-likeness (QED) is 0.533. The number of anilines is 1. The highest BCUT2D eigenvalue weighted by Crippen LogP contribution is 2.36. The minimum Gasteiger partial charge on any atom is -0.396 e. The molecule has 8 nitrogen and oxygen atoms in total. The summed E-state index contributed by atoms with van der Waals surface area (Å²) in [6.45, 7) is 2.02. The van der Waals surface area contributed by atoms with E-state index in [-0.39, 0.29) is 13.2 Å². The maximum atomic E-state index is 12.5. The molecule has 33 heavy (non-hydrogen) atoms. The predicted molar refractivity (Wildman–Crippen MR) is 125 cm³/mol. The summed E-state index contributed by atoms with van der Waals surface area (Å²) in [7, 11) is 0. The van der Waals surface area contributed by atoms with E-state index in [0.29, 0.717) is 44.0 Å². The number of pyridine rings is 1. The molecule has 0 saturated carbocycles. The maximum Gasteiger partial charge on any atom is 0.312 e. The zero-order chi connectivity index (χ0) is 23.2. The number of amides is 2. The smallest absolute Gasteiger partial charge is 0.312 e. The van der Waals surface area contributed by atoms with Crippen molar-refractivity contribution in [2.75, 3.05) is 44.2 Å². The Bertz CT molecular complexity index is 1060. The van der Waals surface area contributed by atoms with E-state index >= 15 is 0 Å². The maximum absolute atomic E-state index is 12.5. The zero-order valence-electron chi connectivity index (χ0n) is 18.7. The van der Waals surface area contributed by atoms with Crippen molar-refractivity contribution in [2.24, 2.45) is 0 Å². The molecule has 1 aliphatic carbocycles. The average Bonchev–Trinajstić information content (AvgIpc) is 2.88. The molecular formula is C25H29N5O3. The largest absolute Gasteiger partial charge is 0.396 e. The van der Waals surface area contributed by atoms with Crippen LogP contribution in [0.15, 0.2) is 30.3 Å². The van der Waals surface area contributed by atoms with Gasteiger partial charge in [0.15, 0.2) is 0 Å². The van der Waals surface area contributed by atoms with Gasteiger partial charge in [0.1, 0.15) is 11.9 Å². The predicted octanol–water partition coefficient (Wildman–Crippen LogP) is 1.65. The molecule has 2 N–H and O–H groups in total. The molecule has 1 aliphatic heterocycles. The van der Waals surface area contributed by atoms with E-state index in [1.165, 1.54) is 10.5 Å². The first kappa shape index (κ1) is 22.7. The van der Waals surface area contributed by atoms with Gasteiger partial charge in [0, 0.05) is 44.9 Å². The first-order valence-electron chi connectivity index (χ1n) is 11.6. The van der Waals surface area contributed by atoms with Crippen molar-refractivity contribution < 1.29 is 14.7 Å². The topological polar surface area (TPSA) is 110 Å². The number of rotatable bonds is 5. The Morgan fingerprint density at radius 2 is 1.76 bits per heavy atom. The van der Waals surface area contributed by atoms with Crippen molar-refractivity contribution in [2.45, 2.75) is 32.1 Å². The number of carbonyl (C=O) groups is 2. The van der Waals surface area contributed by atoms with Crippen molar-refractivity contribution in [3.63, 3.8) is 0 Å². The lowest BCUT2D eigenvalue weighted by Gasteiger charge is -2.36. The number of piperazine rings is 1. The van der Waals surface area contributed by atoms with Gasteiger partial charge in [-0.2, -0.15) is 5.26 Å². The van der Waals surface area contributed by atoms with E-state index < -0.39 is 11.8 Å². The molecule has 8 heteroatoms. The third kappa shape index (κ3) is 4.83. The lowest BCUT2D eigenvalue weighted by atomic mass is 9.86. The standard InChI is InChI=1S/C25H29N5O3/c26-17-21-19-9-4-5-10-20(19)22(18-7-2-1-3-8-18)28-23(21)29-12-14-30(15-13-29)25(33)24(32)27-11-6-16-31/h1-3,7-8,31H,4-6,9-16H2,(H,27,32). The SMILES string of the molecule is N#Cc1c(N2CCN(C(=O)C(=O)NCCCO)CC2)nc(-c2ccccc2)c2c1CCCC2. The van der Waals surface area contributed by atoms with Gasteiger partial charge in [-0.15, -0.1) is 0 Å². The fourth-order valence-corrected chi connectivity index (χ4v) is 4.61. The number of benzene rings is 1. The molecule has 0 radical (unpaired) electrons. The van der Waals surface area contributed by atoms with Crippen LogP contribution in [-0.2, 0) is 22.4 Å². The minimum atomic E-state index is -0.645. The number of aromatic nitrogens is 1. The van der Waals surface area contributed by atoms with Gasteiger partial charge in [0.25, 0.3) is 0 Å². The van der Waals surface area contributed by atoms with E-state index in [4.69, 9.17) is 10.1 Å². The molecule has 2 aliphatic rings. The number of fused-ring (bicyclic) bond motifs is 1. The summed E-state index contributed by atoms with van der Waals surface area (Å²) in [6.07, 6.45) is 4.37. The van der Waals surface area contributed by atoms with Crippen molar-refractivity contribution in [1.29, 1.82) is 5.26 Å². The molecular weight excluding hydrogens is 418 g/mol. The number of nitriles is 1. The molecule has 0 spiro atoms. The number of nitrogens with one attached hydrogen (secondary N) is 1. The van der Waals surface area contributed by atoms with Crippen LogP contribution in [0.2, 0.25) is 0 Å². The van der Waals surface area contributed by atoms with Crippen LogP contribution < -0.4 is 10.2 Å². The van der Waals surface area contributed by atoms with Gasteiger partial charge < -0.3 is 20.2 Å². The van der Waals surface area contributed by atoms with E-state index in [1.54, 1.807) is 0 Å². The molecule has 2 aromatic rings. The monoisotopic (exact) mass is 447 g/mol. The van der Waals surface area contributed by atoms with E-state index in [9.17, 15) is 14.9 Å². The van der Waals surface area contributed by atoms with Crippen LogP contribution in [0.1, 0.15) is 36.0 Å². The molecule has 172 valence electrons. The van der Waals surface area contributed by atoms with Gasteiger partial charge in [-0.05, 0) is 43.2 Å². The Labute approximate surface area is 193 Å². The lowest BCUT2D eigenvalue weighted by molar-refractivity contribution is -0.146. The molecule has 1 aromatic carbocycles. The Balaban J connectivity index is 1.57. The number of aliphatic hydroxyl groups is 1. The second-order valence-electron chi connectivity index (χ2n) is 8.41. The summed E-state index contributed by atoms with van der Waals surface area (Å²) in [5.41, 5.74) is 4.93. The third-order valence-corrected chi connectivity index (χ3v) is 6.34. The van der Waals surface area contributed by atoms with Crippen molar-refractivity contribution in [3.8, 4) is 17.3 Å². The van der Waals surface area contributed by atoms with Gasteiger partial charge in [0.05, 0.1) is 11.3 Å². The van der Waals surface area contributed by atoms with E-state index in [0.717, 1.165) is 42.5 Å². The molecule has 4 rings (SSSR count). The van der Waals surface area contributed by atoms with Gasteiger partial charge in [-0.3, -0.25) is 9.59 Å². The normalized spacial score (nSPS) is 15.5. The highest BCUT2D eigenvalue weighted by Gasteiger charge is 2.30. The summed E-state index contributed by atoms with van der Waals surface area (Å²) in [5, 5.41) is 21.4. The van der Waals surface area contributed by atoms with Gasteiger partial charge in [-0.1, -0.05) is 30.3 Å². The highest BCUT2D eigenvalue weighted by atomic mass is 16.3. The molecule has 2 amide bonds. The second kappa shape index (κ2) is 10.5. The number of hydrogen-bond acceptors (Lipinski definition) is 6. The fourth-order valence-electron chi connectivity index (χ4n) is 4.61. The Kier molecular flexibility index (Phi) is 7.20. The Hall–Kier alpha value is -3.44. The summed E-state index contributed by atoms with van der Waals surface area (Å²) in [5.74, 6) is -0.527. The molecule has 1 fully saturated rings. The number of carbonyl (C=O) groups excluding carboxylic acids is 2. The first-order valence-corrected chi connectivity index (χ1v) is 11.6. The van der Waals surface area contributed by atoms with Crippen molar-refractivity contribution >= 4 is 17.6 Å². The average molecular weight is 448 g/mol. The van der Waals surface area contributed by atoms with Crippen LogP contribution in [0.5, 0.6) is 0 Å². The van der Waals surface area contributed by atoms with E-state index in [1.807, 2.05) is 18.2 Å². The van der Waals surface area contributed by atoms with Crippen LogP contribution in [0.3, 0.4) is 0 Å². The van der Waals surface area contributed by atoms with Crippen molar-refractivity contribution in [3.05, 3.63) is 47.0 Å². The Morgan fingerprint density at radius 3 is 2.42 bits per heavy atom. The van der Waals surface area contributed by atoms with Gasteiger partial charge in [0.2, 0.25) is 0 Å². The van der Waals surface area contributed by atoms with Gasteiger partial charge >= 0.3 is 11.8 Å². The van der Waals surface area contributed by atoms with Crippen molar-refractivity contribution in [1.82, 2.24) is 15.2 Å². The first-order chi connectivity index (χ1) is 16.1. The fraction of sp³-hybridized carbons (Fsp3) is 0.440.